The lowest BCUT2D eigenvalue weighted by Crippen LogP contribution is -2.45. The van der Waals surface area contributed by atoms with Crippen molar-refractivity contribution in [2.45, 2.75) is 19.5 Å². The summed E-state index contributed by atoms with van der Waals surface area (Å²) in [5.74, 6) is 3.52. The summed E-state index contributed by atoms with van der Waals surface area (Å²) >= 11 is 0. The Balaban J connectivity index is 0.00000306. The Morgan fingerprint density at radius 2 is 1.73 bits per heavy atom. The highest BCUT2D eigenvalue weighted by atomic mass is 127. The number of halogens is 1. The summed E-state index contributed by atoms with van der Waals surface area (Å²) in [6.45, 7) is 6.59. The molecule has 0 atom stereocenters. The first kappa shape index (κ1) is 25.4. The van der Waals surface area contributed by atoms with Crippen LogP contribution in [0.1, 0.15) is 16.7 Å². The number of pyridine rings is 1. The summed E-state index contributed by atoms with van der Waals surface area (Å²) < 4.78 is 11.0. The lowest BCUT2D eigenvalue weighted by atomic mass is 9.99. The first-order valence-electron chi connectivity index (χ1n) is 11.2. The van der Waals surface area contributed by atoms with Crippen LogP contribution in [0.15, 0.2) is 35.5 Å². The molecule has 1 aromatic carbocycles. The number of nitrogens with one attached hydrogen (secondary N) is 1. The fraction of sp³-hybridized carbons (Fsp3) is 0.500. The Labute approximate surface area is 214 Å². The van der Waals surface area contributed by atoms with Crippen LogP contribution in [0, 0.1) is 0 Å². The molecule has 1 fully saturated rings. The minimum absolute atomic E-state index is 0. The number of ether oxygens (including phenoxy) is 2. The number of aliphatic imine (C=N–C) groups is 1. The molecule has 1 saturated heterocycles. The zero-order chi connectivity index (χ0) is 22.5. The van der Waals surface area contributed by atoms with E-state index in [0.29, 0.717) is 6.54 Å². The SMILES string of the molecule is CN=C(NCc1ccnc(N2CCN(C)CC2)c1)N1CCc2cc(OC)c(OC)cc2C1.I. The maximum atomic E-state index is 5.49. The minimum Gasteiger partial charge on any atom is -0.493 e. The fourth-order valence-electron chi connectivity index (χ4n) is 4.36. The molecule has 180 valence electrons. The van der Waals surface area contributed by atoms with Gasteiger partial charge in [0.2, 0.25) is 0 Å². The van der Waals surface area contributed by atoms with E-state index in [0.717, 1.165) is 69.0 Å². The van der Waals surface area contributed by atoms with Crippen molar-refractivity contribution in [2.24, 2.45) is 4.99 Å². The Bertz CT molecular complexity index is 962. The van der Waals surface area contributed by atoms with Gasteiger partial charge in [-0.25, -0.2) is 4.98 Å². The Morgan fingerprint density at radius 1 is 1.03 bits per heavy atom. The van der Waals surface area contributed by atoms with Gasteiger partial charge in [0.05, 0.1) is 14.2 Å². The third kappa shape index (κ3) is 6.00. The summed E-state index contributed by atoms with van der Waals surface area (Å²) in [5.41, 5.74) is 3.76. The van der Waals surface area contributed by atoms with E-state index in [1.54, 1.807) is 14.2 Å². The van der Waals surface area contributed by atoms with Crippen molar-refractivity contribution in [1.82, 2.24) is 20.1 Å². The predicted octanol–water partition coefficient (Wildman–Crippen LogP) is 2.60. The molecule has 0 spiro atoms. The maximum Gasteiger partial charge on any atom is 0.194 e. The highest BCUT2D eigenvalue weighted by molar-refractivity contribution is 14.0. The molecule has 33 heavy (non-hydrogen) atoms. The van der Waals surface area contributed by atoms with Crippen LogP contribution in [-0.4, -0.2) is 81.8 Å². The van der Waals surface area contributed by atoms with Gasteiger partial charge >= 0.3 is 0 Å². The second kappa shape index (κ2) is 11.7. The molecule has 0 amide bonds. The number of hydrogen-bond donors (Lipinski definition) is 1. The van der Waals surface area contributed by atoms with Crippen molar-refractivity contribution in [3.63, 3.8) is 0 Å². The van der Waals surface area contributed by atoms with Gasteiger partial charge in [0.1, 0.15) is 5.82 Å². The minimum atomic E-state index is 0. The molecule has 0 unspecified atom stereocenters. The molecule has 0 radical (unpaired) electrons. The van der Waals surface area contributed by atoms with E-state index in [1.165, 1.54) is 16.7 Å². The van der Waals surface area contributed by atoms with Crippen molar-refractivity contribution in [3.8, 4) is 11.5 Å². The summed E-state index contributed by atoms with van der Waals surface area (Å²) in [4.78, 5) is 16.1. The van der Waals surface area contributed by atoms with E-state index < -0.39 is 0 Å². The molecule has 9 heteroatoms. The van der Waals surface area contributed by atoms with E-state index in [9.17, 15) is 0 Å². The van der Waals surface area contributed by atoms with E-state index in [-0.39, 0.29) is 24.0 Å². The van der Waals surface area contributed by atoms with Crippen LogP contribution in [-0.2, 0) is 19.5 Å². The molecule has 1 aromatic heterocycles. The number of aromatic nitrogens is 1. The molecule has 0 bridgehead atoms. The van der Waals surface area contributed by atoms with Crippen LogP contribution in [0.2, 0.25) is 0 Å². The number of likely N-dealkylation sites (N-methyl/N-ethyl adjacent to an activating group) is 1. The lowest BCUT2D eigenvalue weighted by Gasteiger charge is -2.33. The summed E-state index contributed by atoms with van der Waals surface area (Å²) in [7, 11) is 7.37. The van der Waals surface area contributed by atoms with Crippen molar-refractivity contribution in [2.75, 3.05) is 65.9 Å². The lowest BCUT2D eigenvalue weighted by molar-refractivity contribution is 0.312. The van der Waals surface area contributed by atoms with Gasteiger partial charge in [-0.15, -0.1) is 24.0 Å². The van der Waals surface area contributed by atoms with E-state index in [2.05, 4.69) is 61.3 Å². The van der Waals surface area contributed by atoms with Gasteiger partial charge in [-0.1, -0.05) is 0 Å². The largest absolute Gasteiger partial charge is 0.493 e. The van der Waals surface area contributed by atoms with Crippen molar-refractivity contribution in [3.05, 3.63) is 47.2 Å². The van der Waals surface area contributed by atoms with Crippen LogP contribution < -0.4 is 19.7 Å². The number of fused-ring (bicyclic) bond motifs is 1. The van der Waals surface area contributed by atoms with Gasteiger partial charge in [0.25, 0.3) is 0 Å². The van der Waals surface area contributed by atoms with Crippen molar-refractivity contribution in [1.29, 1.82) is 0 Å². The third-order valence-corrected chi connectivity index (χ3v) is 6.32. The number of methoxy groups -OCH3 is 2. The average Bonchev–Trinajstić information content (AvgIpc) is 2.84. The summed E-state index contributed by atoms with van der Waals surface area (Å²) in [6.07, 6.45) is 2.85. The van der Waals surface area contributed by atoms with Crippen LogP contribution in [0.4, 0.5) is 5.82 Å². The number of piperazine rings is 1. The molecule has 1 N–H and O–H groups in total. The topological polar surface area (TPSA) is 65.5 Å². The van der Waals surface area contributed by atoms with E-state index >= 15 is 0 Å². The molecule has 2 aliphatic rings. The highest BCUT2D eigenvalue weighted by Gasteiger charge is 2.22. The first-order valence-corrected chi connectivity index (χ1v) is 11.2. The monoisotopic (exact) mass is 566 g/mol. The Kier molecular flexibility index (Phi) is 9.02. The van der Waals surface area contributed by atoms with Crippen LogP contribution >= 0.6 is 24.0 Å². The normalized spacial score (nSPS) is 16.7. The molecule has 0 aliphatic carbocycles. The molecule has 8 nitrogen and oxygen atoms in total. The second-order valence-electron chi connectivity index (χ2n) is 8.36. The summed E-state index contributed by atoms with van der Waals surface area (Å²) in [6, 6.07) is 8.44. The van der Waals surface area contributed by atoms with E-state index in [1.807, 2.05) is 13.2 Å². The van der Waals surface area contributed by atoms with Gasteiger partial charge in [-0.3, -0.25) is 4.99 Å². The van der Waals surface area contributed by atoms with Gasteiger partial charge in [0, 0.05) is 59.1 Å². The van der Waals surface area contributed by atoms with Crippen molar-refractivity contribution < 1.29 is 9.47 Å². The summed E-state index contributed by atoms with van der Waals surface area (Å²) in [5, 5.41) is 3.54. The van der Waals surface area contributed by atoms with Gasteiger partial charge < -0.3 is 29.5 Å². The molecular weight excluding hydrogens is 531 g/mol. The molecule has 4 rings (SSSR count). The van der Waals surface area contributed by atoms with Crippen molar-refractivity contribution >= 4 is 35.8 Å². The number of nitrogens with zero attached hydrogens (tertiary/aromatic N) is 5. The van der Waals surface area contributed by atoms with Crippen LogP contribution in [0.3, 0.4) is 0 Å². The highest BCUT2D eigenvalue weighted by Crippen LogP contribution is 2.33. The third-order valence-electron chi connectivity index (χ3n) is 6.32. The van der Waals surface area contributed by atoms with Crippen LogP contribution in [0.5, 0.6) is 11.5 Å². The predicted molar refractivity (Wildman–Crippen MR) is 143 cm³/mol. The number of rotatable bonds is 5. The number of hydrogen-bond acceptors (Lipinski definition) is 6. The second-order valence-corrected chi connectivity index (χ2v) is 8.36. The number of guanidine groups is 1. The number of anilines is 1. The molecule has 2 aromatic rings. The number of benzene rings is 1. The van der Waals surface area contributed by atoms with Gasteiger partial charge in [-0.2, -0.15) is 0 Å². The zero-order valence-corrected chi connectivity index (χ0v) is 22.3. The maximum absolute atomic E-state index is 5.49. The average molecular weight is 566 g/mol. The zero-order valence-electron chi connectivity index (χ0n) is 20.0. The fourth-order valence-corrected chi connectivity index (χ4v) is 4.36. The smallest absolute Gasteiger partial charge is 0.194 e. The molecular formula is C24H35IN6O2. The van der Waals surface area contributed by atoms with Crippen LogP contribution in [0.25, 0.3) is 0 Å². The Hall–Kier alpha value is -2.27. The standard InChI is InChI=1S/C24H34N6O2.HI/c1-25-24(30-8-6-19-14-21(31-3)22(32-4)15-20(19)17-30)27-16-18-5-7-26-23(13-18)29-11-9-28(2)10-12-29;/h5,7,13-15H,6,8-12,16-17H2,1-4H3,(H,25,27);1H. The molecule has 0 saturated carbocycles. The first-order chi connectivity index (χ1) is 15.6. The Morgan fingerprint density at radius 3 is 2.39 bits per heavy atom. The van der Waals surface area contributed by atoms with E-state index in [4.69, 9.17) is 9.47 Å². The molecule has 3 heterocycles. The van der Waals surface area contributed by atoms with Gasteiger partial charge in [0.15, 0.2) is 17.5 Å². The quantitative estimate of drug-likeness (QED) is 0.339. The van der Waals surface area contributed by atoms with Gasteiger partial charge in [-0.05, 0) is 54.4 Å². The molecule has 2 aliphatic heterocycles.